The fraction of sp³-hybridized carbons (Fsp3) is 0.519. The first-order chi connectivity index (χ1) is 16.7. The van der Waals surface area contributed by atoms with Crippen molar-refractivity contribution < 1.29 is 14.9 Å². The summed E-state index contributed by atoms with van der Waals surface area (Å²) >= 11 is 0. The standard InChI is InChI=1S/C27H38N4O3/c28-23-24-9-11-25(12-10-24)29-30-26-13-15-27(16-14-26)34-22-8-6-4-2-1-3-5-7-17-31(18-20-32)19-21-33/h9-16,32-33H,1-8,17-22H2. The molecule has 2 aromatic carbocycles. The number of nitriles is 1. The molecule has 0 fully saturated rings. The van der Waals surface area contributed by atoms with E-state index < -0.39 is 0 Å². The Kier molecular flexibility index (Phi) is 14.3. The second-order valence-corrected chi connectivity index (χ2v) is 8.32. The predicted octanol–water partition coefficient (Wildman–Crippen LogP) is 5.76. The molecule has 0 amide bonds. The normalized spacial score (nSPS) is 11.2. The number of benzene rings is 2. The van der Waals surface area contributed by atoms with E-state index in [-0.39, 0.29) is 13.2 Å². The van der Waals surface area contributed by atoms with Gasteiger partial charge in [0.2, 0.25) is 0 Å². The van der Waals surface area contributed by atoms with Gasteiger partial charge in [0.15, 0.2) is 0 Å². The lowest BCUT2D eigenvalue weighted by molar-refractivity contribution is 0.159. The summed E-state index contributed by atoms with van der Waals surface area (Å²) in [4.78, 5) is 2.12. The van der Waals surface area contributed by atoms with Crippen molar-refractivity contribution in [1.29, 1.82) is 5.26 Å². The van der Waals surface area contributed by atoms with Gasteiger partial charge in [-0.05, 0) is 67.9 Å². The molecule has 0 unspecified atom stereocenters. The zero-order valence-electron chi connectivity index (χ0n) is 20.1. The number of hydrogen-bond donors (Lipinski definition) is 2. The minimum absolute atomic E-state index is 0.155. The summed E-state index contributed by atoms with van der Waals surface area (Å²) in [6.45, 7) is 3.29. The molecule has 0 aromatic heterocycles. The lowest BCUT2D eigenvalue weighted by Gasteiger charge is -2.19. The molecule has 0 aliphatic carbocycles. The highest BCUT2D eigenvalue weighted by atomic mass is 16.5. The van der Waals surface area contributed by atoms with Gasteiger partial charge in [-0.1, -0.05) is 38.5 Å². The Morgan fingerprint density at radius 1 is 0.676 bits per heavy atom. The molecule has 2 rings (SSSR count). The van der Waals surface area contributed by atoms with Gasteiger partial charge in [0.1, 0.15) is 5.75 Å². The number of rotatable bonds is 18. The Morgan fingerprint density at radius 2 is 1.18 bits per heavy atom. The van der Waals surface area contributed by atoms with E-state index in [0.717, 1.165) is 37.4 Å². The molecule has 184 valence electrons. The molecular weight excluding hydrogens is 428 g/mol. The molecule has 0 radical (unpaired) electrons. The highest BCUT2D eigenvalue weighted by Crippen LogP contribution is 2.22. The first-order valence-corrected chi connectivity index (χ1v) is 12.3. The molecule has 34 heavy (non-hydrogen) atoms. The highest BCUT2D eigenvalue weighted by molar-refractivity contribution is 5.44. The van der Waals surface area contributed by atoms with E-state index in [4.69, 9.17) is 20.2 Å². The number of azo groups is 1. The summed E-state index contributed by atoms with van der Waals surface area (Å²) in [6.07, 6.45) is 9.57. The van der Waals surface area contributed by atoms with Crippen LogP contribution in [-0.4, -0.2) is 54.6 Å². The molecule has 0 heterocycles. The summed E-state index contributed by atoms with van der Waals surface area (Å²) < 4.78 is 5.83. The maximum absolute atomic E-state index is 9.02. The molecule has 7 heteroatoms. The molecule has 0 aliphatic heterocycles. The number of nitrogens with zero attached hydrogens (tertiary/aromatic N) is 4. The summed E-state index contributed by atoms with van der Waals surface area (Å²) in [5.41, 5.74) is 2.07. The first kappa shape index (κ1) is 27.5. The van der Waals surface area contributed by atoms with Crippen molar-refractivity contribution in [3.63, 3.8) is 0 Å². The van der Waals surface area contributed by atoms with Crippen LogP contribution in [0, 0.1) is 11.3 Å². The van der Waals surface area contributed by atoms with Crippen LogP contribution in [-0.2, 0) is 0 Å². The van der Waals surface area contributed by atoms with Gasteiger partial charge in [0.05, 0.1) is 42.8 Å². The molecule has 0 spiro atoms. The van der Waals surface area contributed by atoms with Crippen LogP contribution in [0.25, 0.3) is 0 Å². The topological polar surface area (TPSA) is 101 Å². The van der Waals surface area contributed by atoms with Crippen molar-refractivity contribution >= 4 is 11.4 Å². The first-order valence-electron chi connectivity index (χ1n) is 12.3. The lowest BCUT2D eigenvalue weighted by atomic mass is 10.1. The Bertz CT molecular complexity index is 842. The molecule has 2 N–H and O–H groups in total. The van der Waals surface area contributed by atoms with E-state index in [1.165, 1.54) is 38.5 Å². The van der Waals surface area contributed by atoms with Gasteiger partial charge in [-0.3, -0.25) is 4.90 Å². The van der Waals surface area contributed by atoms with Crippen molar-refractivity contribution in [2.24, 2.45) is 10.2 Å². The molecule has 0 atom stereocenters. The Hall–Kier alpha value is -2.79. The quantitative estimate of drug-likeness (QED) is 0.215. The van der Waals surface area contributed by atoms with E-state index in [2.05, 4.69) is 21.2 Å². The number of aliphatic hydroxyl groups excluding tert-OH is 2. The summed E-state index contributed by atoms with van der Waals surface area (Å²) in [7, 11) is 0. The van der Waals surface area contributed by atoms with E-state index in [1.807, 2.05) is 24.3 Å². The predicted molar refractivity (Wildman–Crippen MR) is 135 cm³/mol. The SMILES string of the molecule is N#Cc1ccc(N=Nc2ccc(OCCCCCCCCCCN(CCO)CCO)cc2)cc1. The summed E-state index contributed by atoms with van der Waals surface area (Å²) in [6, 6.07) is 16.7. The number of unbranched alkanes of at least 4 members (excludes halogenated alkanes) is 7. The van der Waals surface area contributed by atoms with Crippen LogP contribution in [0.1, 0.15) is 56.9 Å². The van der Waals surface area contributed by atoms with Crippen LogP contribution in [0.15, 0.2) is 58.8 Å². The van der Waals surface area contributed by atoms with Crippen molar-refractivity contribution in [1.82, 2.24) is 4.90 Å². The van der Waals surface area contributed by atoms with Crippen LogP contribution >= 0.6 is 0 Å². The third-order valence-corrected chi connectivity index (χ3v) is 5.58. The smallest absolute Gasteiger partial charge is 0.119 e. The van der Waals surface area contributed by atoms with Gasteiger partial charge in [0, 0.05) is 13.1 Å². The maximum Gasteiger partial charge on any atom is 0.119 e. The fourth-order valence-electron chi connectivity index (χ4n) is 3.63. The number of hydrogen-bond acceptors (Lipinski definition) is 7. The van der Waals surface area contributed by atoms with E-state index >= 15 is 0 Å². The molecule has 0 bridgehead atoms. The van der Waals surface area contributed by atoms with Crippen LogP contribution < -0.4 is 4.74 Å². The van der Waals surface area contributed by atoms with Crippen LogP contribution in [0.2, 0.25) is 0 Å². The third kappa shape index (κ3) is 11.9. The van der Waals surface area contributed by atoms with Crippen molar-refractivity contribution in [3.8, 4) is 11.8 Å². The van der Waals surface area contributed by atoms with E-state index in [9.17, 15) is 0 Å². The third-order valence-electron chi connectivity index (χ3n) is 5.58. The van der Waals surface area contributed by atoms with Gasteiger partial charge >= 0.3 is 0 Å². The number of ether oxygens (including phenoxy) is 1. The van der Waals surface area contributed by atoms with Gasteiger partial charge < -0.3 is 14.9 Å². The lowest BCUT2D eigenvalue weighted by Crippen LogP contribution is -2.30. The minimum Gasteiger partial charge on any atom is -0.494 e. The fourth-order valence-corrected chi connectivity index (χ4v) is 3.63. The molecule has 7 nitrogen and oxygen atoms in total. The second kappa shape index (κ2) is 17.7. The van der Waals surface area contributed by atoms with Crippen molar-refractivity contribution in [2.75, 3.05) is 39.5 Å². The van der Waals surface area contributed by atoms with Gasteiger partial charge in [-0.25, -0.2) is 0 Å². The summed E-state index contributed by atoms with van der Waals surface area (Å²) in [5, 5.41) is 35.3. The largest absolute Gasteiger partial charge is 0.494 e. The Balaban J connectivity index is 1.49. The number of aliphatic hydroxyl groups is 2. The van der Waals surface area contributed by atoms with E-state index in [0.29, 0.717) is 24.3 Å². The van der Waals surface area contributed by atoms with Crippen molar-refractivity contribution in [3.05, 3.63) is 54.1 Å². The maximum atomic E-state index is 9.02. The zero-order chi connectivity index (χ0) is 24.3. The van der Waals surface area contributed by atoms with E-state index in [1.54, 1.807) is 24.3 Å². The Labute approximate surface area is 203 Å². The monoisotopic (exact) mass is 466 g/mol. The summed E-state index contributed by atoms with van der Waals surface area (Å²) in [5.74, 6) is 0.841. The van der Waals surface area contributed by atoms with Crippen LogP contribution in [0.4, 0.5) is 11.4 Å². The van der Waals surface area contributed by atoms with Gasteiger partial charge in [0.25, 0.3) is 0 Å². The van der Waals surface area contributed by atoms with Crippen LogP contribution in [0.3, 0.4) is 0 Å². The average molecular weight is 467 g/mol. The van der Waals surface area contributed by atoms with Crippen molar-refractivity contribution in [2.45, 2.75) is 51.4 Å². The van der Waals surface area contributed by atoms with Gasteiger partial charge in [-0.2, -0.15) is 15.5 Å². The molecule has 2 aromatic rings. The molecular formula is C27H38N4O3. The second-order valence-electron chi connectivity index (χ2n) is 8.32. The highest BCUT2D eigenvalue weighted by Gasteiger charge is 2.02. The van der Waals surface area contributed by atoms with Gasteiger partial charge in [-0.15, -0.1) is 0 Å². The molecule has 0 saturated heterocycles. The average Bonchev–Trinajstić information content (AvgIpc) is 2.87. The minimum atomic E-state index is 0.155. The molecule has 0 saturated carbocycles. The molecule has 0 aliphatic rings. The Morgan fingerprint density at radius 3 is 1.71 bits per heavy atom. The van der Waals surface area contributed by atoms with Crippen LogP contribution in [0.5, 0.6) is 5.75 Å². The zero-order valence-corrected chi connectivity index (χ0v) is 20.1.